The maximum absolute atomic E-state index is 13.0. The van der Waals surface area contributed by atoms with Crippen LogP contribution in [0.3, 0.4) is 0 Å². The van der Waals surface area contributed by atoms with Gasteiger partial charge >= 0.3 is 5.97 Å². The van der Waals surface area contributed by atoms with E-state index in [0.717, 1.165) is 11.1 Å². The molecule has 5 heteroatoms. The van der Waals surface area contributed by atoms with Crippen molar-refractivity contribution in [2.24, 2.45) is 0 Å². The lowest BCUT2D eigenvalue weighted by molar-refractivity contribution is 0.0698. The van der Waals surface area contributed by atoms with Gasteiger partial charge in [0.05, 0.1) is 11.3 Å². The number of nitrogens with one attached hydrogen (secondary N) is 1. The summed E-state index contributed by atoms with van der Waals surface area (Å²) in [4.78, 5) is 11.1. The molecule has 0 aliphatic heterocycles. The van der Waals surface area contributed by atoms with Crippen LogP contribution in [0.2, 0.25) is 5.02 Å². The molecule has 0 spiro atoms. The van der Waals surface area contributed by atoms with Crippen LogP contribution in [0.15, 0.2) is 36.4 Å². The van der Waals surface area contributed by atoms with Crippen molar-refractivity contribution < 1.29 is 14.3 Å². The van der Waals surface area contributed by atoms with Crippen molar-refractivity contribution in [2.75, 3.05) is 11.9 Å². The zero-order chi connectivity index (χ0) is 15.4. The highest BCUT2D eigenvalue weighted by molar-refractivity contribution is 6.31. The van der Waals surface area contributed by atoms with Crippen molar-refractivity contribution in [1.29, 1.82) is 0 Å². The Balaban J connectivity index is 2.06. The Labute approximate surface area is 127 Å². The lowest BCUT2D eigenvalue weighted by Gasteiger charge is -2.11. The van der Waals surface area contributed by atoms with Crippen molar-refractivity contribution in [3.63, 3.8) is 0 Å². The zero-order valence-electron chi connectivity index (χ0n) is 11.5. The van der Waals surface area contributed by atoms with Gasteiger partial charge in [0, 0.05) is 11.6 Å². The fourth-order valence-corrected chi connectivity index (χ4v) is 2.29. The molecule has 2 aromatic rings. The number of aromatic carboxylic acids is 1. The fourth-order valence-electron chi connectivity index (χ4n) is 2.12. The van der Waals surface area contributed by atoms with Gasteiger partial charge in [-0.3, -0.25) is 0 Å². The largest absolute Gasteiger partial charge is 0.478 e. The second-order valence-electron chi connectivity index (χ2n) is 4.74. The standard InChI is InChI=1S/C16H15ClFNO2/c1-10-8-13(18)4-2-11(10)6-7-19-15-9-12(17)3-5-14(15)16(20)21/h2-5,8-9,19H,6-7H2,1H3,(H,20,21). The number of carboxylic acids is 1. The molecule has 110 valence electrons. The number of hydrogen-bond acceptors (Lipinski definition) is 2. The number of halogens is 2. The summed E-state index contributed by atoms with van der Waals surface area (Å²) in [6, 6.07) is 9.24. The van der Waals surface area contributed by atoms with Gasteiger partial charge in [-0.2, -0.15) is 0 Å². The van der Waals surface area contributed by atoms with Gasteiger partial charge in [0.1, 0.15) is 5.82 Å². The highest BCUT2D eigenvalue weighted by Crippen LogP contribution is 2.21. The molecule has 2 N–H and O–H groups in total. The van der Waals surface area contributed by atoms with E-state index >= 15 is 0 Å². The number of rotatable bonds is 5. The average Bonchev–Trinajstić information content (AvgIpc) is 2.41. The Morgan fingerprint density at radius 3 is 2.71 bits per heavy atom. The SMILES string of the molecule is Cc1cc(F)ccc1CCNc1cc(Cl)ccc1C(=O)O. The van der Waals surface area contributed by atoms with E-state index in [1.165, 1.54) is 18.2 Å². The van der Waals surface area contributed by atoms with Gasteiger partial charge < -0.3 is 10.4 Å². The minimum atomic E-state index is -1.01. The summed E-state index contributed by atoms with van der Waals surface area (Å²) in [6.45, 7) is 2.38. The predicted octanol–water partition coefficient (Wildman–Crippen LogP) is 4.14. The summed E-state index contributed by atoms with van der Waals surface area (Å²) in [5.41, 5.74) is 2.55. The molecule has 0 atom stereocenters. The summed E-state index contributed by atoms with van der Waals surface area (Å²) < 4.78 is 13.0. The Hall–Kier alpha value is -2.07. The van der Waals surface area contributed by atoms with Crippen LogP contribution in [-0.4, -0.2) is 17.6 Å². The molecule has 0 fully saturated rings. The molecule has 0 unspecified atom stereocenters. The second-order valence-corrected chi connectivity index (χ2v) is 5.18. The monoisotopic (exact) mass is 307 g/mol. The van der Waals surface area contributed by atoms with Crippen LogP contribution in [0.1, 0.15) is 21.5 Å². The molecule has 2 aromatic carbocycles. The van der Waals surface area contributed by atoms with Gasteiger partial charge in [-0.25, -0.2) is 9.18 Å². The van der Waals surface area contributed by atoms with Crippen molar-refractivity contribution in [3.05, 3.63) is 63.9 Å². The summed E-state index contributed by atoms with van der Waals surface area (Å²) in [5.74, 6) is -1.26. The minimum Gasteiger partial charge on any atom is -0.478 e. The predicted molar refractivity (Wildman–Crippen MR) is 81.7 cm³/mol. The maximum atomic E-state index is 13.0. The van der Waals surface area contributed by atoms with Gasteiger partial charge in [0.25, 0.3) is 0 Å². The van der Waals surface area contributed by atoms with E-state index in [1.807, 2.05) is 6.92 Å². The summed E-state index contributed by atoms with van der Waals surface area (Å²) in [7, 11) is 0. The van der Waals surface area contributed by atoms with Crippen LogP contribution in [0.5, 0.6) is 0 Å². The summed E-state index contributed by atoms with van der Waals surface area (Å²) in [6.07, 6.45) is 0.664. The van der Waals surface area contributed by atoms with Crippen molar-refractivity contribution in [1.82, 2.24) is 0 Å². The third kappa shape index (κ3) is 3.95. The Bertz CT molecular complexity index is 673. The maximum Gasteiger partial charge on any atom is 0.337 e. The van der Waals surface area contributed by atoms with E-state index in [0.29, 0.717) is 23.7 Å². The van der Waals surface area contributed by atoms with Crippen LogP contribution in [-0.2, 0) is 6.42 Å². The molecule has 0 amide bonds. The molecule has 3 nitrogen and oxygen atoms in total. The molecule has 0 saturated carbocycles. The van der Waals surface area contributed by atoms with E-state index in [9.17, 15) is 9.18 Å². The van der Waals surface area contributed by atoms with Crippen LogP contribution >= 0.6 is 11.6 Å². The number of carbonyl (C=O) groups is 1. The third-order valence-corrected chi connectivity index (χ3v) is 3.46. The molecule has 0 saturated heterocycles. The normalized spacial score (nSPS) is 10.4. The Kier molecular flexibility index (Phi) is 4.81. The molecular formula is C16H15ClFNO2. The Morgan fingerprint density at radius 2 is 2.05 bits per heavy atom. The first-order valence-corrected chi connectivity index (χ1v) is 6.87. The molecular weight excluding hydrogens is 293 g/mol. The molecule has 21 heavy (non-hydrogen) atoms. The number of aryl methyl sites for hydroxylation is 1. The highest BCUT2D eigenvalue weighted by atomic mass is 35.5. The van der Waals surface area contributed by atoms with Gasteiger partial charge in [-0.05, 0) is 54.8 Å². The van der Waals surface area contributed by atoms with Crippen molar-refractivity contribution in [3.8, 4) is 0 Å². The smallest absolute Gasteiger partial charge is 0.337 e. The van der Waals surface area contributed by atoms with E-state index in [2.05, 4.69) is 5.32 Å². The zero-order valence-corrected chi connectivity index (χ0v) is 12.2. The van der Waals surface area contributed by atoms with E-state index in [-0.39, 0.29) is 11.4 Å². The van der Waals surface area contributed by atoms with Gasteiger partial charge in [-0.1, -0.05) is 17.7 Å². The number of carboxylic acid groups (broad SMARTS) is 1. The molecule has 0 aliphatic rings. The first-order valence-electron chi connectivity index (χ1n) is 6.49. The van der Waals surface area contributed by atoms with Gasteiger partial charge in [0.2, 0.25) is 0 Å². The first kappa shape index (κ1) is 15.3. The number of hydrogen-bond donors (Lipinski definition) is 2. The topological polar surface area (TPSA) is 49.3 Å². The molecule has 0 radical (unpaired) electrons. The van der Waals surface area contributed by atoms with E-state index in [4.69, 9.17) is 16.7 Å². The molecule has 0 heterocycles. The first-order chi connectivity index (χ1) is 9.97. The lowest BCUT2D eigenvalue weighted by Crippen LogP contribution is -2.10. The summed E-state index contributed by atoms with van der Waals surface area (Å²) >= 11 is 5.89. The van der Waals surface area contributed by atoms with Crippen LogP contribution in [0.4, 0.5) is 10.1 Å². The van der Waals surface area contributed by atoms with Gasteiger partial charge in [-0.15, -0.1) is 0 Å². The summed E-state index contributed by atoms with van der Waals surface area (Å²) in [5, 5.41) is 12.7. The van der Waals surface area contributed by atoms with Crippen LogP contribution in [0.25, 0.3) is 0 Å². The molecule has 2 rings (SSSR count). The van der Waals surface area contributed by atoms with Gasteiger partial charge in [0.15, 0.2) is 0 Å². The molecule has 0 bridgehead atoms. The fraction of sp³-hybridized carbons (Fsp3) is 0.188. The quantitative estimate of drug-likeness (QED) is 0.873. The number of anilines is 1. The lowest BCUT2D eigenvalue weighted by atomic mass is 10.1. The Morgan fingerprint density at radius 1 is 1.29 bits per heavy atom. The van der Waals surface area contributed by atoms with Crippen molar-refractivity contribution in [2.45, 2.75) is 13.3 Å². The average molecular weight is 308 g/mol. The molecule has 0 aliphatic carbocycles. The van der Waals surface area contributed by atoms with Crippen molar-refractivity contribution >= 4 is 23.3 Å². The van der Waals surface area contributed by atoms with Crippen LogP contribution < -0.4 is 5.32 Å². The van der Waals surface area contributed by atoms with E-state index < -0.39 is 5.97 Å². The number of benzene rings is 2. The second kappa shape index (κ2) is 6.59. The minimum absolute atomic E-state index is 0.176. The molecule has 0 aromatic heterocycles. The highest BCUT2D eigenvalue weighted by Gasteiger charge is 2.10. The third-order valence-electron chi connectivity index (χ3n) is 3.23. The van der Waals surface area contributed by atoms with E-state index in [1.54, 1.807) is 18.2 Å². The van der Waals surface area contributed by atoms with Crippen LogP contribution in [0, 0.1) is 12.7 Å².